The predicted octanol–water partition coefficient (Wildman–Crippen LogP) is 0.771. The first-order valence-electron chi connectivity index (χ1n) is 3.64. The molecule has 0 bridgehead atoms. The van der Waals surface area contributed by atoms with Crippen LogP contribution in [0.5, 0.6) is 5.75 Å². The van der Waals surface area contributed by atoms with E-state index in [4.69, 9.17) is 9.84 Å². The molecule has 0 aliphatic rings. The van der Waals surface area contributed by atoms with Gasteiger partial charge >= 0.3 is 82.5 Å². The Hall–Kier alpha value is -0.991. The fraction of sp³-hybridized carbons (Fsp3) is 0.222. The van der Waals surface area contributed by atoms with Crippen molar-refractivity contribution in [3.8, 4) is 5.75 Å². The van der Waals surface area contributed by atoms with Crippen molar-refractivity contribution in [2.24, 2.45) is 0 Å². The molecular weight excluding hydrogens is 235 g/mol. The molecule has 0 aliphatic carbocycles. The molecule has 0 spiro atoms. The maximum absolute atomic E-state index is 10.8. The van der Waals surface area contributed by atoms with Gasteiger partial charge in [0.05, 0.1) is 0 Å². The van der Waals surface area contributed by atoms with Gasteiger partial charge in [-0.05, 0) is 0 Å². The third kappa shape index (κ3) is 2.23. The summed E-state index contributed by atoms with van der Waals surface area (Å²) in [7, 11) is 1.53. The van der Waals surface area contributed by atoms with Crippen molar-refractivity contribution < 1.29 is 14.6 Å². The van der Waals surface area contributed by atoms with Gasteiger partial charge in [-0.15, -0.1) is 0 Å². The number of ether oxygens (including phenoxy) is 1. The molecule has 0 aliphatic heterocycles. The molecule has 13 heavy (non-hydrogen) atoms. The van der Waals surface area contributed by atoms with Crippen molar-refractivity contribution in [2.75, 3.05) is 7.11 Å². The molecule has 4 heteroatoms. The zero-order valence-electron chi connectivity index (χ0n) is 7.40. The fourth-order valence-electron chi connectivity index (χ4n) is 0.981. The van der Waals surface area contributed by atoms with Crippen LogP contribution in [-0.4, -0.2) is 33.1 Å². The third-order valence-electron chi connectivity index (χ3n) is 1.64. The Bertz CT molecular complexity index is 323. The number of carbonyl (C=O) groups is 1. The molecule has 0 heterocycles. The second-order valence-corrected chi connectivity index (χ2v) is 4.15. The number of aromatic carboxylic acids is 1. The fourth-order valence-corrected chi connectivity index (χ4v) is 2.18. The molecule has 0 saturated heterocycles. The number of methoxy groups -OCH3 is 1. The Kier molecular flexibility index (Phi) is 3.34. The molecule has 0 amide bonds. The van der Waals surface area contributed by atoms with E-state index in [1.54, 1.807) is 12.1 Å². The van der Waals surface area contributed by atoms with Crippen LogP contribution < -0.4 is 9.20 Å². The van der Waals surface area contributed by atoms with E-state index in [1.165, 1.54) is 7.11 Å². The Labute approximate surface area is 82.9 Å². The molecule has 0 atom stereocenters. The summed E-state index contributed by atoms with van der Waals surface area (Å²) in [5, 5.41) is 8.87. The molecule has 0 saturated carbocycles. The topological polar surface area (TPSA) is 46.5 Å². The first-order valence-corrected chi connectivity index (χ1v) is 6.21. The molecule has 0 radical (unpaired) electrons. The molecule has 3 nitrogen and oxygen atoms in total. The number of benzene rings is 1. The van der Waals surface area contributed by atoms with Crippen LogP contribution in [0.25, 0.3) is 0 Å². The number of rotatable bonds is 3. The van der Waals surface area contributed by atoms with Crippen LogP contribution in [0.15, 0.2) is 18.2 Å². The number of carboxylic acid groups (broad SMARTS) is 1. The van der Waals surface area contributed by atoms with Gasteiger partial charge in [-0.3, -0.25) is 0 Å². The maximum atomic E-state index is 10.8. The van der Waals surface area contributed by atoms with Gasteiger partial charge in [0.1, 0.15) is 0 Å². The van der Waals surface area contributed by atoms with Gasteiger partial charge in [0.15, 0.2) is 0 Å². The van der Waals surface area contributed by atoms with Crippen molar-refractivity contribution >= 4 is 25.4 Å². The summed E-state index contributed by atoms with van der Waals surface area (Å²) in [5.74, 6) is 1.68. The zero-order chi connectivity index (χ0) is 9.84. The van der Waals surface area contributed by atoms with Gasteiger partial charge in [0.2, 0.25) is 0 Å². The molecule has 0 unspecified atom stereocenters. The number of hydrogen-bond acceptors (Lipinski definition) is 2. The van der Waals surface area contributed by atoms with Gasteiger partial charge in [-0.25, -0.2) is 0 Å². The normalized spacial score (nSPS) is 9.69. The van der Waals surface area contributed by atoms with Gasteiger partial charge < -0.3 is 0 Å². The van der Waals surface area contributed by atoms with Gasteiger partial charge in [-0.1, -0.05) is 0 Å². The van der Waals surface area contributed by atoms with Crippen molar-refractivity contribution in [2.45, 2.75) is 5.82 Å². The van der Waals surface area contributed by atoms with Crippen LogP contribution in [0.2, 0.25) is 5.82 Å². The Balaban J connectivity index is 3.18. The first-order chi connectivity index (χ1) is 6.19. The molecular formula is C9H10O3Se. The quantitative estimate of drug-likeness (QED) is 0.800. The third-order valence-corrected chi connectivity index (χ3v) is 3.31. The van der Waals surface area contributed by atoms with E-state index in [0.29, 0.717) is 11.3 Å². The second-order valence-electron chi connectivity index (χ2n) is 2.37. The molecule has 0 aromatic heterocycles. The summed E-state index contributed by atoms with van der Waals surface area (Å²) in [6.07, 6.45) is 0. The Morgan fingerprint density at radius 1 is 1.54 bits per heavy atom. The number of hydrogen-bond donors (Lipinski definition) is 1. The van der Waals surface area contributed by atoms with Gasteiger partial charge in [0.25, 0.3) is 0 Å². The summed E-state index contributed by atoms with van der Waals surface area (Å²) in [6.45, 7) is 0. The molecule has 0 fully saturated rings. The molecule has 1 aromatic carbocycles. The summed E-state index contributed by atoms with van der Waals surface area (Å²) >= 11 is 0.194. The van der Waals surface area contributed by atoms with Crippen LogP contribution in [0.3, 0.4) is 0 Å². The van der Waals surface area contributed by atoms with Crippen molar-refractivity contribution in [1.29, 1.82) is 0 Å². The van der Waals surface area contributed by atoms with Crippen LogP contribution in [0, 0.1) is 0 Å². The van der Waals surface area contributed by atoms with E-state index < -0.39 is 5.97 Å². The Morgan fingerprint density at radius 2 is 2.23 bits per heavy atom. The zero-order valence-corrected chi connectivity index (χ0v) is 9.12. The van der Waals surface area contributed by atoms with E-state index in [0.717, 1.165) is 4.46 Å². The monoisotopic (exact) mass is 246 g/mol. The Morgan fingerprint density at radius 3 is 2.69 bits per heavy atom. The van der Waals surface area contributed by atoms with Crippen LogP contribution in [0.1, 0.15) is 10.4 Å². The number of carboxylic acids is 1. The van der Waals surface area contributed by atoms with E-state index in [-0.39, 0.29) is 15.0 Å². The van der Waals surface area contributed by atoms with Gasteiger partial charge in [-0.2, -0.15) is 0 Å². The van der Waals surface area contributed by atoms with E-state index in [1.807, 2.05) is 11.9 Å². The molecule has 70 valence electrons. The average Bonchev–Trinajstić information content (AvgIpc) is 2.16. The van der Waals surface area contributed by atoms with Crippen LogP contribution in [0.4, 0.5) is 0 Å². The summed E-state index contributed by atoms with van der Waals surface area (Å²) < 4.78 is 5.84. The average molecular weight is 245 g/mol. The van der Waals surface area contributed by atoms with Gasteiger partial charge in [0, 0.05) is 0 Å². The van der Waals surface area contributed by atoms with E-state index in [2.05, 4.69) is 0 Å². The van der Waals surface area contributed by atoms with Crippen LogP contribution in [-0.2, 0) is 0 Å². The summed E-state index contributed by atoms with van der Waals surface area (Å²) in [5.41, 5.74) is 0.349. The molecule has 1 aromatic rings. The first kappa shape index (κ1) is 10.1. The summed E-state index contributed by atoms with van der Waals surface area (Å²) in [6, 6.07) is 5.15. The molecule has 1 rings (SSSR count). The predicted molar refractivity (Wildman–Crippen MR) is 51.2 cm³/mol. The van der Waals surface area contributed by atoms with E-state index in [9.17, 15) is 4.79 Å². The van der Waals surface area contributed by atoms with E-state index >= 15 is 0 Å². The second kappa shape index (κ2) is 4.30. The SMILES string of the molecule is COc1ccc([Se]C)c(C(=O)O)c1. The van der Waals surface area contributed by atoms with Crippen LogP contribution >= 0.6 is 0 Å². The standard InChI is InChI=1S/C9H10O3Se/c1-12-6-3-4-8(13-2)7(5-6)9(10)11/h3-5H,1-2H3,(H,10,11). The summed E-state index contributed by atoms with van der Waals surface area (Å²) in [4.78, 5) is 10.8. The van der Waals surface area contributed by atoms with Crippen molar-refractivity contribution in [3.05, 3.63) is 23.8 Å². The minimum absolute atomic E-state index is 0.194. The minimum atomic E-state index is -0.891. The van der Waals surface area contributed by atoms with Crippen molar-refractivity contribution in [1.82, 2.24) is 0 Å². The molecule has 1 N–H and O–H groups in total. The van der Waals surface area contributed by atoms with Crippen molar-refractivity contribution in [3.63, 3.8) is 0 Å².